The van der Waals surface area contributed by atoms with E-state index in [0.717, 1.165) is 6.42 Å². The zero-order chi connectivity index (χ0) is 14.7. The summed E-state index contributed by atoms with van der Waals surface area (Å²) < 4.78 is 9.96. The van der Waals surface area contributed by atoms with E-state index in [1.807, 2.05) is 4.90 Å². The van der Waals surface area contributed by atoms with Crippen molar-refractivity contribution in [2.45, 2.75) is 19.4 Å². The standard InChI is InChI=1S/C12H24N2O5/c1-10(15)13-11(12(16)17)9-14(6-8-19-3)5-4-7-18-2/h11H,4-9H2,1-3H3,(H,13,15)(H,16,17). The molecule has 1 amide bonds. The molecule has 7 nitrogen and oxygen atoms in total. The van der Waals surface area contributed by atoms with Gasteiger partial charge in [0, 0.05) is 47.4 Å². The smallest absolute Gasteiger partial charge is 0.327 e. The molecule has 0 aliphatic heterocycles. The summed E-state index contributed by atoms with van der Waals surface area (Å²) in [5.41, 5.74) is 0. The molecule has 0 saturated carbocycles. The third-order valence-electron chi connectivity index (χ3n) is 2.55. The summed E-state index contributed by atoms with van der Waals surface area (Å²) >= 11 is 0. The van der Waals surface area contributed by atoms with Gasteiger partial charge in [0.1, 0.15) is 6.04 Å². The van der Waals surface area contributed by atoms with Gasteiger partial charge >= 0.3 is 5.97 Å². The Hall–Kier alpha value is -1.18. The number of rotatable bonds is 11. The number of aliphatic carboxylic acids is 1. The second-order valence-corrected chi connectivity index (χ2v) is 4.23. The maximum atomic E-state index is 11.1. The van der Waals surface area contributed by atoms with Crippen LogP contribution in [0.5, 0.6) is 0 Å². The molecule has 112 valence electrons. The SMILES string of the molecule is COCCCN(CCOC)CC(NC(C)=O)C(=O)O. The first-order valence-electron chi connectivity index (χ1n) is 6.21. The largest absolute Gasteiger partial charge is 0.480 e. The van der Waals surface area contributed by atoms with Gasteiger partial charge in [0.15, 0.2) is 0 Å². The number of hydrogen-bond donors (Lipinski definition) is 2. The summed E-state index contributed by atoms with van der Waals surface area (Å²) in [4.78, 5) is 24.0. The molecular formula is C12H24N2O5. The molecule has 0 aromatic heterocycles. The third-order valence-corrected chi connectivity index (χ3v) is 2.55. The second-order valence-electron chi connectivity index (χ2n) is 4.23. The first-order chi connectivity index (χ1) is 9.01. The van der Waals surface area contributed by atoms with Crippen LogP contribution in [0.3, 0.4) is 0 Å². The number of nitrogens with zero attached hydrogens (tertiary/aromatic N) is 1. The Kier molecular flexibility index (Phi) is 10.1. The van der Waals surface area contributed by atoms with E-state index in [-0.39, 0.29) is 12.5 Å². The number of methoxy groups -OCH3 is 2. The second kappa shape index (κ2) is 10.7. The van der Waals surface area contributed by atoms with Gasteiger partial charge in [-0.1, -0.05) is 0 Å². The van der Waals surface area contributed by atoms with Gasteiger partial charge in [0.25, 0.3) is 0 Å². The molecule has 0 spiro atoms. The zero-order valence-corrected chi connectivity index (χ0v) is 11.8. The monoisotopic (exact) mass is 276 g/mol. The van der Waals surface area contributed by atoms with Gasteiger partial charge in [0.2, 0.25) is 5.91 Å². The summed E-state index contributed by atoms with van der Waals surface area (Å²) in [6.45, 7) is 3.99. The molecule has 19 heavy (non-hydrogen) atoms. The summed E-state index contributed by atoms with van der Waals surface area (Å²) in [5, 5.41) is 11.5. The van der Waals surface area contributed by atoms with Crippen molar-refractivity contribution in [3.63, 3.8) is 0 Å². The molecule has 0 radical (unpaired) electrons. The molecular weight excluding hydrogens is 252 g/mol. The molecule has 0 fully saturated rings. The minimum absolute atomic E-state index is 0.252. The Balaban J connectivity index is 4.36. The van der Waals surface area contributed by atoms with Crippen molar-refractivity contribution in [3.05, 3.63) is 0 Å². The first kappa shape index (κ1) is 17.8. The van der Waals surface area contributed by atoms with Gasteiger partial charge in [-0.05, 0) is 6.42 Å². The zero-order valence-electron chi connectivity index (χ0n) is 11.8. The van der Waals surface area contributed by atoms with Gasteiger partial charge in [-0.2, -0.15) is 0 Å². The normalized spacial score (nSPS) is 12.4. The Morgan fingerprint density at radius 1 is 1.21 bits per heavy atom. The number of ether oxygens (including phenoxy) is 2. The molecule has 0 aliphatic rings. The highest BCUT2D eigenvalue weighted by atomic mass is 16.5. The van der Waals surface area contributed by atoms with Crippen LogP contribution in [0.2, 0.25) is 0 Å². The van der Waals surface area contributed by atoms with Crippen molar-refractivity contribution >= 4 is 11.9 Å². The van der Waals surface area contributed by atoms with E-state index >= 15 is 0 Å². The van der Waals surface area contributed by atoms with Crippen LogP contribution < -0.4 is 5.32 Å². The van der Waals surface area contributed by atoms with Crippen LogP contribution in [0.15, 0.2) is 0 Å². The molecule has 7 heteroatoms. The Morgan fingerprint density at radius 2 is 1.84 bits per heavy atom. The van der Waals surface area contributed by atoms with Gasteiger partial charge in [-0.15, -0.1) is 0 Å². The van der Waals surface area contributed by atoms with Crippen molar-refractivity contribution < 1.29 is 24.2 Å². The number of hydrogen-bond acceptors (Lipinski definition) is 5. The van der Waals surface area contributed by atoms with Crippen molar-refractivity contribution in [2.24, 2.45) is 0 Å². The van der Waals surface area contributed by atoms with E-state index in [2.05, 4.69) is 5.32 Å². The predicted octanol–water partition coefficient (Wildman–Crippen LogP) is -0.439. The molecule has 0 heterocycles. The van der Waals surface area contributed by atoms with Crippen molar-refractivity contribution in [3.8, 4) is 0 Å². The number of carbonyl (C=O) groups is 2. The fourth-order valence-corrected chi connectivity index (χ4v) is 1.64. The number of carboxylic acid groups (broad SMARTS) is 1. The molecule has 0 aromatic carbocycles. The topological polar surface area (TPSA) is 88.1 Å². The molecule has 1 unspecified atom stereocenters. The van der Waals surface area contributed by atoms with Crippen LogP contribution in [0.25, 0.3) is 0 Å². The highest BCUT2D eigenvalue weighted by molar-refractivity contribution is 5.82. The van der Waals surface area contributed by atoms with E-state index in [9.17, 15) is 9.59 Å². The molecule has 2 N–H and O–H groups in total. The summed E-state index contributed by atoms with van der Waals surface area (Å²) in [7, 11) is 3.21. The average Bonchev–Trinajstić information content (AvgIpc) is 2.34. The minimum atomic E-state index is -1.04. The van der Waals surface area contributed by atoms with Gasteiger partial charge < -0.3 is 19.9 Å². The van der Waals surface area contributed by atoms with Crippen LogP contribution in [-0.2, 0) is 19.1 Å². The van der Waals surface area contributed by atoms with E-state index < -0.39 is 12.0 Å². The van der Waals surface area contributed by atoms with Crippen LogP contribution in [0, 0.1) is 0 Å². The van der Waals surface area contributed by atoms with Crippen molar-refractivity contribution in [1.82, 2.24) is 10.2 Å². The van der Waals surface area contributed by atoms with Gasteiger partial charge in [-0.25, -0.2) is 4.79 Å². The van der Waals surface area contributed by atoms with E-state index in [4.69, 9.17) is 14.6 Å². The Bertz CT molecular complexity index is 273. The number of carboxylic acids is 1. The molecule has 0 rings (SSSR count). The fraction of sp³-hybridized carbons (Fsp3) is 0.833. The third kappa shape index (κ3) is 9.40. The lowest BCUT2D eigenvalue weighted by molar-refractivity contribution is -0.142. The van der Waals surface area contributed by atoms with Gasteiger partial charge in [0.05, 0.1) is 6.61 Å². The lowest BCUT2D eigenvalue weighted by Crippen LogP contribution is -2.48. The number of nitrogens with one attached hydrogen (secondary N) is 1. The summed E-state index contributed by atoms with van der Waals surface area (Å²) in [6, 6.07) is -0.906. The highest BCUT2D eigenvalue weighted by Gasteiger charge is 2.21. The average molecular weight is 276 g/mol. The quantitative estimate of drug-likeness (QED) is 0.497. The van der Waals surface area contributed by atoms with E-state index in [1.165, 1.54) is 6.92 Å². The van der Waals surface area contributed by atoms with Gasteiger partial charge in [-0.3, -0.25) is 9.69 Å². The fourth-order valence-electron chi connectivity index (χ4n) is 1.64. The lowest BCUT2D eigenvalue weighted by Gasteiger charge is -2.25. The van der Waals surface area contributed by atoms with Crippen LogP contribution in [-0.4, -0.2) is 75.0 Å². The molecule has 0 aliphatic carbocycles. The summed E-state index contributed by atoms with van der Waals surface area (Å²) in [5.74, 6) is -1.39. The molecule has 0 aromatic rings. The van der Waals surface area contributed by atoms with Crippen LogP contribution in [0.1, 0.15) is 13.3 Å². The maximum Gasteiger partial charge on any atom is 0.327 e. The number of carbonyl (C=O) groups excluding carboxylic acids is 1. The van der Waals surface area contributed by atoms with Crippen LogP contribution in [0.4, 0.5) is 0 Å². The highest BCUT2D eigenvalue weighted by Crippen LogP contribution is 1.97. The van der Waals surface area contributed by atoms with Crippen molar-refractivity contribution in [1.29, 1.82) is 0 Å². The molecule has 1 atom stereocenters. The van der Waals surface area contributed by atoms with E-state index in [1.54, 1.807) is 14.2 Å². The predicted molar refractivity (Wildman–Crippen MR) is 70.0 cm³/mol. The van der Waals surface area contributed by atoms with Crippen LogP contribution >= 0.6 is 0 Å². The Labute approximate surface area is 113 Å². The van der Waals surface area contributed by atoms with Crippen molar-refractivity contribution in [2.75, 3.05) is 47.1 Å². The minimum Gasteiger partial charge on any atom is -0.480 e. The number of amides is 1. The molecule has 0 bridgehead atoms. The Morgan fingerprint density at radius 3 is 2.32 bits per heavy atom. The first-order valence-corrected chi connectivity index (χ1v) is 6.21. The summed E-state index contributed by atoms with van der Waals surface area (Å²) in [6.07, 6.45) is 0.798. The lowest BCUT2D eigenvalue weighted by atomic mass is 10.2. The van der Waals surface area contributed by atoms with E-state index in [0.29, 0.717) is 26.3 Å². The maximum absolute atomic E-state index is 11.1. The molecule has 0 saturated heterocycles.